The molecule has 1 aromatic heterocycles. The minimum atomic E-state index is -0.952. The van der Waals surface area contributed by atoms with Crippen molar-refractivity contribution >= 4 is 46.8 Å². The van der Waals surface area contributed by atoms with Gasteiger partial charge in [-0.1, -0.05) is 89.6 Å². The second kappa shape index (κ2) is 19.6. The van der Waals surface area contributed by atoms with Crippen LogP contribution in [-0.4, -0.2) is 69.9 Å². The van der Waals surface area contributed by atoms with Crippen molar-refractivity contribution < 1.29 is 33.8 Å². The molecule has 0 bridgehead atoms. The van der Waals surface area contributed by atoms with Gasteiger partial charge in [-0.2, -0.15) is 0 Å². The fourth-order valence-electron chi connectivity index (χ4n) is 5.81. The minimum absolute atomic E-state index is 0.0783. The number of benzene rings is 2. The summed E-state index contributed by atoms with van der Waals surface area (Å²) in [5, 5.41) is 20.1. The zero-order valence-electron chi connectivity index (χ0n) is 30.4. The summed E-state index contributed by atoms with van der Waals surface area (Å²) >= 11 is 1.16. The number of anilines is 1. The fraction of sp³-hybridized carbons (Fsp3) is 0.474. The van der Waals surface area contributed by atoms with E-state index in [2.05, 4.69) is 20.9 Å². The van der Waals surface area contributed by atoms with Crippen LogP contribution in [0, 0.1) is 17.8 Å². The Morgan fingerprint density at radius 1 is 0.922 bits per heavy atom. The van der Waals surface area contributed by atoms with Crippen LogP contribution in [0.2, 0.25) is 0 Å². The maximum absolute atomic E-state index is 14.0. The highest BCUT2D eigenvalue weighted by Crippen LogP contribution is 2.31. The maximum atomic E-state index is 14.0. The number of para-hydroxylation sites is 1. The highest BCUT2D eigenvalue weighted by atomic mass is 32.1. The number of carboxylic acid groups (broad SMARTS) is 1. The summed E-state index contributed by atoms with van der Waals surface area (Å²) < 4.78 is 5.73. The summed E-state index contributed by atoms with van der Waals surface area (Å²) in [7, 11) is 1.68. The lowest BCUT2D eigenvalue weighted by Crippen LogP contribution is -2.55. The summed E-state index contributed by atoms with van der Waals surface area (Å²) in [5.74, 6) is -3.19. The Balaban J connectivity index is 1.80. The Kier molecular flexibility index (Phi) is 15.6. The fourth-order valence-corrected chi connectivity index (χ4v) is 6.65. The Hall–Kier alpha value is -4.78. The van der Waals surface area contributed by atoms with E-state index in [9.17, 15) is 29.1 Å². The van der Waals surface area contributed by atoms with Crippen LogP contribution in [0.15, 0.2) is 66.0 Å². The predicted octanol–water partition coefficient (Wildman–Crippen LogP) is 6.31. The summed E-state index contributed by atoms with van der Waals surface area (Å²) in [6, 6.07) is 16.2. The number of carboxylic acids is 1. The summed E-state index contributed by atoms with van der Waals surface area (Å²) in [5.41, 5.74) is 1.67. The molecule has 3 rings (SSSR count). The van der Waals surface area contributed by atoms with Gasteiger partial charge in [-0.05, 0) is 42.4 Å². The lowest BCUT2D eigenvalue weighted by Gasteiger charge is -2.36. The van der Waals surface area contributed by atoms with Crippen LogP contribution < -0.4 is 16.0 Å². The molecule has 51 heavy (non-hydrogen) atoms. The van der Waals surface area contributed by atoms with E-state index in [0.29, 0.717) is 23.5 Å². The van der Waals surface area contributed by atoms with E-state index in [0.717, 1.165) is 16.9 Å². The molecule has 0 spiro atoms. The van der Waals surface area contributed by atoms with E-state index >= 15 is 0 Å². The van der Waals surface area contributed by atoms with Crippen molar-refractivity contribution in [2.75, 3.05) is 12.4 Å². The van der Waals surface area contributed by atoms with E-state index < -0.39 is 54.0 Å². The van der Waals surface area contributed by atoms with Gasteiger partial charge in [-0.25, -0.2) is 9.78 Å². The molecule has 0 unspecified atom stereocenters. The molecule has 13 heteroatoms. The molecule has 0 fully saturated rings. The van der Waals surface area contributed by atoms with Gasteiger partial charge < -0.3 is 30.7 Å². The first-order chi connectivity index (χ1) is 24.2. The molecule has 2 aromatic carbocycles. The molecule has 0 aliphatic carbocycles. The normalized spacial score (nSPS) is 14.7. The molecule has 0 saturated carbocycles. The van der Waals surface area contributed by atoms with Crippen LogP contribution in [0.5, 0.6) is 0 Å². The average Bonchev–Trinajstić information content (AvgIpc) is 3.59. The van der Waals surface area contributed by atoms with Crippen molar-refractivity contribution in [3.63, 3.8) is 0 Å². The van der Waals surface area contributed by atoms with Crippen LogP contribution in [0.1, 0.15) is 88.0 Å². The quantitative estimate of drug-likeness (QED) is 0.111. The predicted molar refractivity (Wildman–Crippen MR) is 197 cm³/mol. The molecule has 0 saturated heterocycles. The largest absolute Gasteiger partial charge is 0.481 e. The van der Waals surface area contributed by atoms with Gasteiger partial charge in [0.15, 0.2) is 6.10 Å². The zero-order chi connectivity index (χ0) is 37.7. The van der Waals surface area contributed by atoms with Crippen LogP contribution in [-0.2, 0) is 25.5 Å². The van der Waals surface area contributed by atoms with E-state index in [1.54, 1.807) is 48.5 Å². The standard InChI is InChI=1S/C38H51N5O7S/c1-8-24(4)33(42-38(49)40-28-17-13-10-14-18-28)36(46)43(7)31(23(2)3)21-32(50-26(6)44)35-41-30(22-51-35)34(45)39-29(19-25(5)37(47)48)20-27-15-11-9-12-16-27/h9-18,22-25,29,31-33H,8,19-21H2,1-7H3,(H,39,45)(H,47,48)(H2,40,42,49)/t24-,25-,29+,31+,32+,33-/m0/s1. The van der Waals surface area contributed by atoms with Crippen molar-refractivity contribution in [3.05, 3.63) is 82.3 Å². The van der Waals surface area contributed by atoms with Gasteiger partial charge in [0.25, 0.3) is 5.91 Å². The number of rotatable bonds is 18. The summed E-state index contributed by atoms with van der Waals surface area (Å²) in [4.78, 5) is 70.5. The van der Waals surface area contributed by atoms with Crippen LogP contribution >= 0.6 is 11.3 Å². The molecule has 12 nitrogen and oxygen atoms in total. The number of carbonyl (C=O) groups is 5. The number of thiazole rings is 1. The number of nitrogens with zero attached hydrogens (tertiary/aromatic N) is 2. The van der Waals surface area contributed by atoms with Crippen molar-refractivity contribution in [2.24, 2.45) is 17.8 Å². The molecule has 3 aromatic rings. The van der Waals surface area contributed by atoms with Gasteiger partial charge in [0.1, 0.15) is 16.7 Å². The topological polar surface area (TPSA) is 167 Å². The monoisotopic (exact) mass is 721 g/mol. The van der Waals surface area contributed by atoms with Crippen molar-refractivity contribution in [3.8, 4) is 0 Å². The molecule has 276 valence electrons. The van der Waals surface area contributed by atoms with Crippen LogP contribution in [0.3, 0.4) is 0 Å². The number of aromatic nitrogens is 1. The SMILES string of the molecule is CC[C@H](C)[C@H](NC(=O)Nc1ccccc1)C(=O)N(C)[C@H](C[C@@H](OC(C)=O)c1nc(C(=O)N[C@@H](Cc2ccccc2)C[C@H](C)C(=O)O)cs1)C(C)C. The molecule has 0 radical (unpaired) electrons. The number of likely N-dealkylation sites (N-methyl/N-ethyl adjacent to an activating group) is 1. The van der Waals surface area contributed by atoms with E-state index in [1.165, 1.54) is 6.92 Å². The number of nitrogens with one attached hydrogen (secondary N) is 3. The van der Waals surface area contributed by atoms with Crippen molar-refractivity contribution in [2.45, 2.75) is 91.5 Å². The molecular weight excluding hydrogens is 671 g/mol. The Bertz CT molecular complexity index is 1600. The number of urea groups is 1. The zero-order valence-corrected chi connectivity index (χ0v) is 31.2. The maximum Gasteiger partial charge on any atom is 0.319 e. The molecule has 6 atom stereocenters. The van der Waals surface area contributed by atoms with Crippen LogP contribution in [0.4, 0.5) is 10.5 Å². The van der Waals surface area contributed by atoms with Gasteiger partial charge in [0.2, 0.25) is 5.91 Å². The van der Waals surface area contributed by atoms with E-state index in [4.69, 9.17) is 4.74 Å². The number of aliphatic carboxylic acids is 1. The number of amides is 4. The van der Waals surface area contributed by atoms with Gasteiger partial charge in [0, 0.05) is 43.5 Å². The highest BCUT2D eigenvalue weighted by Gasteiger charge is 2.35. The summed E-state index contributed by atoms with van der Waals surface area (Å²) in [6.45, 7) is 10.7. The van der Waals surface area contributed by atoms with E-state index in [-0.39, 0.29) is 36.3 Å². The third-order valence-corrected chi connectivity index (χ3v) is 9.86. The molecule has 4 N–H and O–H groups in total. The third-order valence-electron chi connectivity index (χ3n) is 8.93. The van der Waals surface area contributed by atoms with Crippen LogP contribution in [0.25, 0.3) is 0 Å². The number of esters is 1. The first kappa shape index (κ1) is 40.6. The van der Waals surface area contributed by atoms with Gasteiger partial charge in [-0.15, -0.1) is 11.3 Å². The lowest BCUT2D eigenvalue weighted by molar-refractivity contribution is -0.148. The van der Waals surface area contributed by atoms with Crippen molar-refractivity contribution in [1.82, 2.24) is 20.5 Å². The average molecular weight is 722 g/mol. The minimum Gasteiger partial charge on any atom is -0.481 e. The molecule has 1 heterocycles. The second-order valence-electron chi connectivity index (χ2n) is 13.3. The Morgan fingerprint density at radius 3 is 2.12 bits per heavy atom. The highest BCUT2D eigenvalue weighted by molar-refractivity contribution is 7.09. The molecular formula is C38H51N5O7S. The number of ether oxygens (including phenoxy) is 1. The molecule has 0 aliphatic heterocycles. The number of hydrogen-bond donors (Lipinski definition) is 4. The third kappa shape index (κ3) is 12.5. The number of carbonyl (C=O) groups excluding carboxylic acids is 4. The lowest BCUT2D eigenvalue weighted by atomic mass is 9.93. The first-order valence-corrected chi connectivity index (χ1v) is 18.2. The first-order valence-electron chi connectivity index (χ1n) is 17.3. The molecule has 4 amide bonds. The van der Waals surface area contributed by atoms with Gasteiger partial charge >= 0.3 is 18.0 Å². The van der Waals surface area contributed by atoms with E-state index in [1.807, 2.05) is 64.1 Å². The van der Waals surface area contributed by atoms with Gasteiger partial charge in [0.05, 0.1) is 5.92 Å². The number of hydrogen-bond acceptors (Lipinski definition) is 8. The van der Waals surface area contributed by atoms with Crippen molar-refractivity contribution in [1.29, 1.82) is 0 Å². The summed E-state index contributed by atoms with van der Waals surface area (Å²) in [6.07, 6.45) is 0.641. The smallest absolute Gasteiger partial charge is 0.319 e. The molecule has 0 aliphatic rings. The Labute approximate surface area is 304 Å². The second-order valence-corrected chi connectivity index (χ2v) is 14.2. The van der Waals surface area contributed by atoms with Gasteiger partial charge in [-0.3, -0.25) is 19.2 Å². The Morgan fingerprint density at radius 2 is 1.55 bits per heavy atom.